The zero-order chi connectivity index (χ0) is 19.4. The summed E-state index contributed by atoms with van der Waals surface area (Å²) in [7, 11) is 4.82. The van der Waals surface area contributed by atoms with Crippen LogP contribution in [0.3, 0.4) is 0 Å². The Morgan fingerprint density at radius 2 is 1.63 bits per heavy atom. The average Bonchev–Trinajstić information content (AvgIpc) is 3.50. The highest BCUT2D eigenvalue weighted by atomic mass is 79.9. The third kappa shape index (κ3) is 4.63. The van der Waals surface area contributed by atoms with Crippen molar-refractivity contribution >= 4 is 34.0 Å². The van der Waals surface area contributed by atoms with Crippen LogP contribution in [0.15, 0.2) is 34.8 Å². The van der Waals surface area contributed by atoms with E-state index in [2.05, 4.69) is 21.2 Å². The molecule has 27 heavy (non-hydrogen) atoms. The summed E-state index contributed by atoms with van der Waals surface area (Å²) in [5.74, 6) is 1.96. The van der Waals surface area contributed by atoms with Gasteiger partial charge in [-0.05, 0) is 58.6 Å². The molecule has 142 valence electrons. The van der Waals surface area contributed by atoms with Crippen LogP contribution >= 0.6 is 15.9 Å². The molecular formula is C21H22BrNO4. The molecule has 0 aliphatic heterocycles. The van der Waals surface area contributed by atoms with E-state index in [-0.39, 0.29) is 5.91 Å². The summed E-state index contributed by atoms with van der Waals surface area (Å²) < 4.78 is 17.0. The minimum atomic E-state index is -0.0614. The van der Waals surface area contributed by atoms with Crippen molar-refractivity contribution in [2.45, 2.75) is 18.9 Å². The minimum absolute atomic E-state index is 0.0614. The molecule has 1 saturated carbocycles. The highest BCUT2D eigenvalue weighted by Gasteiger charge is 2.24. The summed E-state index contributed by atoms with van der Waals surface area (Å²) >= 11 is 3.47. The number of ether oxygens (including phenoxy) is 3. The van der Waals surface area contributed by atoms with Crippen LogP contribution in [0.1, 0.15) is 34.3 Å². The summed E-state index contributed by atoms with van der Waals surface area (Å²) in [6.45, 7) is 0. The van der Waals surface area contributed by atoms with E-state index >= 15 is 0 Å². The third-order valence-electron chi connectivity index (χ3n) is 4.33. The van der Waals surface area contributed by atoms with E-state index in [0.29, 0.717) is 28.9 Å². The highest BCUT2D eigenvalue weighted by molar-refractivity contribution is 9.10. The van der Waals surface area contributed by atoms with Gasteiger partial charge in [-0.2, -0.15) is 0 Å². The quantitative estimate of drug-likeness (QED) is 0.653. The van der Waals surface area contributed by atoms with Crippen LogP contribution in [0.25, 0.3) is 12.2 Å². The van der Waals surface area contributed by atoms with Crippen molar-refractivity contribution in [3.05, 3.63) is 51.5 Å². The summed E-state index contributed by atoms with van der Waals surface area (Å²) in [6, 6.07) is 9.60. The molecule has 3 rings (SSSR count). The maximum absolute atomic E-state index is 12.2. The molecule has 0 spiro atoms. The van der Waals surface area contributed by atoms with Crippen molar-refractivity contribution in [3.63, 3.8) is 0 Å². The van der Waals surface area contributed by atoms with Crippen LogP contribution in [0.4, 0.5) is 0 Å². The summed E-state index contributed by atoms with van der Waals surface area (Å²) in [5, 5.41) is 2.98. The lowest BCUT2D eigenvalue weighted by atomic mass is 10.1. The number of halogens is 1. The van der Waals surface area contributed by atoms with E-state index in [9.17, 15) is 4.79 Å². The van der Waals surface area contributed by atoms with E-state index in [1.54, 1.807) is 27.4 Å². The molecular weight excluding hydrogens is 410 g/mol. The van der Waals surface area contributed by atoms with Gasteiger partial charge in [0.25, 0.3) is 5.91 Å². The Hall–Kier alpha value is -2.47. The number of hydrogen-bond acceptors (Lipinski definition) is 4. The molecule has 0 bridgehead atoms. The van der Waals surface area contributed by atoms with Crippen molar-refractivity contribution in [1.29, 1.82) is 0 Å². The van der Waals surface area contributed by atoms with Gasteiger partial charge in [0.2, 0.25) is 0 Å². The van der Waals surface area contributed by atoms with Gasteiger partial charge in [0, 0.05) is 17.2 Å². The smallest absolute Gasteiger partial charge is 0.251 e. The third-order valence-corrected chi connectivity index (χ3v) is 5.11. The number of carbonyl (C=O) groups is 1. The molecule has 0 unspecified atom stereocenters. The SMILES string of the molecule is COc1cc(C(=O)NC2CC2)ccc1/C=C/c1cc(OC)c(Br)c(OC)c1. The van der Waals surface area contributed by atoms with Gasteiger partial charge in [0.1, 0.15) is 21.7 Å². The van der Waals surface area contributed by atoms with Crippen molar-refractivity contribution < 1.29 is 19.0 Å². The molecule has 1 aliphatic carbocycles. The fourth-order valence-corrected chi connectivity index (χ4v) is 3.21. The van der Waals surface area contributed by atoms with Crippen LogP contribution < -0.4 is 19.5 Å². The first-order chi connectivity index (χ1) is 13.0. The Labute approximate surface area is 167 Å². The van der Waals surface area contributed by atoms with Gasteiger partial charge in [-0.3, -0.25) is 4.79 Å². The summed E-state index contributed by atoms with van der Waals surface area (Å²) in [5.41, 5.74) is 2.40. The van der Waals surface area contributed by atoms with Gasteiger partial charge in [-0.25, -0.2) is 0 Å². The van der Waals surface area contributed by atoms with Gasteiger partial charge >= 0.3 is 0 Å². The lowest BCUT2D eigenvalue weighted by Crippen LogP contribution is -2.25. The maximum Gasteiger partial charge on any atom is 0.251 e. The van der Waals surface area contributed by atoms with E-state index in [1.165, 1.54) is 0 Å². The molecule has 0 saturated heterocycles. The van der Waals surface area contributed by atoms with E-state index in [1.807, 2.05) is 36.4 Å². The number of nitrogens with one attached hydrogen (secondary N) is 1. The summed E-state index contributed by atoms with van der Waals surface area (Å²) in [6.07, 6.45) is 6.00. The molecule has 1 N–H and O–H groups in total. The second-order valence-electron chi connectivity index (χ2n) is 6.28. The summed E-state index contributed by atoms with van der Waals surface area (Å²) in [4.78, 5) is 12.2. The van der Waals surface area contributed by atoms with Crippen LogP contribution in [-0.4, -0.2) is 33.3 Å². The fourth-order valence-electron chi connectivity index (χ4n) is 2.66. The molecule has 5 nitrogen and oxygen atoms in total. The number of rotatable bonds is 7. The number of benzene rings is 2. The Morgan fingerprint density at radius 1 is 1.00 bits per heavy atom. The molecule has 6 heteroatoms. The van der Waals surface area contributed by atoms with Gasteiger partial charge in [-0.15, -0.1) is 0 Å². The molecule has 1 aliphatic rings. The van der Waals surface area contributed by atoms with Crippen molar-refractivity contribution in [1.82, 2.24) is 5.32 Å². The lowest BCUT2D eigenvalue weighted by molar-refractivity contribution is 0.0950. The zero-order valence-electron chi connectivity index (χ0n) is 15.5. The van der Waals surface area contributed by atoms with Crippen molar-refractivity contribution in [2.24, 2.45) is 0 Å². The van der Waals surface area contributed by atoms with E-state index < -0.39 is 0 Å². The van der Waals surface area contributed by atoms with E-state index in [4.69, 9.17) is 14.2 Å². The largest absolute Gasteiger partial charge is 0.496 e. The monoisotopic (exact) mass is 431 g/mol. The second-order valence-corrected chi connectivity index (χ2v) is 7.07. The first kappa shape index (κ1) is 19.3. The first-order valence-electron chi connectivity index (χ1n) is 8.64. The van der Waals surface area contributed by atoms with Crippen molar-refractivity contribution in [2.75, 3.05) is 21.3 Å². The van der Waals surface area contributed by atoms with Gasteiger partial charge in [0.05, 0.1) is 21.3 Å². The Balaban J connectivity index is 1.85. The van der Waals surface area contributed by atoms with Crippen LogP contribution in [0.2, 0.25) is 0 Å². The number of hydrogen-bond donors (Lipinski definition) is 1. The molecule has 0 heterocycles. The predicted octanol–water partition coefficient (Wildman–Crippen LogP) is 4.54. The van der Waals surface area contributed by atoms with Gasteiger partial charge in [0.15, 0.2) is 0 Å². The number of amides is 1. The lowest BCUT2D eigenvalue weighted by Gasteiger charge is -2.10. The Kier molecular flexibility index (Phi) is 6.06. The molecule has 0 aromatic heterocycles. The standard InChI is InChI=1S/C21H22BrNO4/c1-25-17-12-15(21(24)23-16-8-9-16)7-6-14(17)5-4-13-10-18(26-2)20(22)19(11-13)27-3/h4-7,10-12,16H,8-9H2,1-3H3,(H,23,24)/b5-4+. The predicted molar refractivity (Wildman–Crippen MR) is 110 cm³/mol. The normalized spacial score (nSPS) is 13.5. The van der Waals surface area contributed by atoms with Crippen LogP contribution in [0.5, 0.6) is 17.2 Å². The molecule has 1 amide bonds. The number of carbonyl (C=O) groups excluding carboxylic acids is 1. The van der Waals surface area contributed by atoms with Crippen molar-refractivity contribution in [3.8, 4) is 17.2 Å². The maximum atomic E-state index is 12.2. The first-order valence-corrected chi connectivity index (χ1v) is 9.43. The molecule has 2 aromatic carbocycles. The Bertz CT molecular complexity index is 849. The fraction of sp³-hybridized carbons (Fsp3) is 0.286. The average molecular weight is 432 g/mol. The van der Waals surface area contributed by atoms with Crippen LogP contribution in [0, 0.1) is 0 Å². The van der Waals surface area contributed by atoms with Gasteiger partial charge < -0.3 is 19.5 Å². The Morgan fingerprint density at radius 3 is 2.19 bits per heavy atom. The minimum Gasteiger partial charge on any atom is -0.496 e. The van der Waals surface area contributed by atoms with Crippen LogP contribution in [-0.2, 0) is 0 Å². The molecule has 0 radical (unpaired) electrons. The topological polar surface area (TPSA) is 56.8 Å². The number of methoxy groups -OCH3 is 3. The molecule has 0 atom stereocenters. The molecule has 2 aromatic rings. The molecule has 1 fully saturated rings. The zero-order valence-corrected chi connectivity index (χ0v) is 17.1. The van der Waals surface area contributed by atoms with E-state index in [0.717, 1.165) is 28.4 Å². The van der Waals surface area contributed by atoms with Gasteiger partial charge in [-0.1, -0.05) is 18.2 Å². The second kappa shape index (κ2) is 8.48. The highest BCUT2D eigenvalue weighted by Crippen LogP contribution is 2.36.